The van der Waals surface area contributed by atoms with Gasteiger partial charge in [-0.05, 0) is 36.6 Å². The molecule has 0 unspecified atom stereocenters. The maximum atomic E-state index is 13.3. The van der Waals surface area contributed by atoms with Crippen LogP contribution in [-0.2, 0) is 20.7 Å². The van der Waals surface area contributed by atoms with Crippen molar-refractivity contribution in [3.8, 4) is 0 Å². The van der Waals surface area contributed by atoms with E-state index >= 15 is 0 Å². The molecule has 3 rings (SSSR count). The Balaban J connectivity index is 1.79. The van der Waals surface area contributed by atoms with Crippen LogP contribution in [0.4, 0.5) is 4.39 Å². The summed E-state index contributed by atoms with van der Waals surface area (Å²) in [6.45, 7) is 0.737. The number of carboxylic acid groups (broad SMARTS) is 1. The number of nitrogens with zero attached hydrogens (tertiary/aromatic N) is 1. The average Bonchev–Trinajstić information content (AvgIpc) is 2.95. The van der Waals surface area contributed by atoms with E-state index in [0.29, 0.717) is 31.6 Å². The van der Waals surface area contributed by atoms with Crippen molar-refractivity contribution in [2.75, 3.05) is 19.8 Å². The molecule has 1 amide bonds. The van der Waals surface area contributed by atoms with Gasteiger partial charge < -0.3 is 19.7 Å². The van der Waals surface area contributed by atoms with Gasteiger partial charge >= 0.3 is 5.97 Å². The van der Waals surface area contributed by atoms with Crippen molar-refractivity contribution in [3.63, 3.8) is 0 Å². The number of hydrogen-bond donors (Lipinski definition) is 2. The fourth-order valence-corrected chi connectivity index (χ4v) is 3.13. The number of aromatic amines is 1. The van der Waals surface area contributed by atoms with Crippen molar-refractivity contribution in [2.45, 2.75) is 25.3 Å². The van der Waals surface area contributed by atoms with Crippen molar-refractivity contribution in [3.05, 3.63) is 35.8 Å². The molecule has 1 fully saturated rings. The molecule has 1 aliphatic heterocycles. The van der Waals surface area contributed by atoms with Crippen LogP contribution >= 0.6 is 0 Å². The van der Waals surface area contributed by atoms with Gasteiger partial charge in [-0.15, -0.1) is 0 Å². The minimum Gasteiger partial charge on any atom is -0.480 e. The zero-order chi connectivity index (χ0) is 17.1. The molecule has 24 heavy (non-hydrogen) atoms. The molecule has 2 aromatic rings. The number of carbonyl (C=O) groups is 2. The number of ether oxygens (including phenoxy) is 1. The summed E-state index contributed by atoms with van der Waals surface area (Å²) in [5.74, 6) is -1.62. The first kappa shape index (κ1) is 16.4. The Labute approximate surface area is 138 Å². The molecule has 6 nitrogen and oxygen atoms in total. The highest BCUT2D eigenvalue weighted by Crippen LogP contribution is 2.22. The highest BCUT2D eigenvalue weighted by molar-refractivity contribution is 5.90. The molecule has 128 valence electrons. The molecule has 0 bridgehead atoms. The van der Waals surface area contributed by atoms with Crippen LogP contribution in [0.3, 0.4) is 0 Å². The molecule has 7 heteroatoms. The summed E-state index contributed by atoms with van der Waals surface area (Å²) >= 11 is 0. The van der Waals surface area contributed by atoms with Crippen molar-refractivity contribution in [1.29, 1.82) is 0 Å². The number of fused-ring (bicyclic) bond motifs is 1. The van der Waals surface area contributed by atoms with E-state index in [1.54, 1.807) is 12.3 Å². The van der Waals surface area contributed by atoms with Gasteiger partial charge in [0.1, 0.15) is 12.4 Å². The largest absolute Gasteiger partial charge is 0.480 e. The maximum Gasteiger partial charge on any atom is 0.323 e. The van der Waals surface area contributed by atoms with Gasteiger partial charge in [-0.1, -0.05) is 0 Å². The average molecular weight is 334 g/mol. The molecule has 1 saturated heterocycles. The third kappa shape index (κ3) is 3.56. The van der Waals surface area contributed by atoms with E-state index in [2.05, 4.69) is 4.98 Å². The van der Waals surface area contributed by atoms with E-state index in [4.69, 9.17) is 9.84 Å². The lowest BCUT2D eigenvalue weighted by Crippen LogP contribution is -2.46. The second-order valence-corrected chi connectivity index (χ2v) is 5.94. The second kappa shape index (κ2) is 7.00. The zero-order valence-corrected chi connectivity index (χ0v) is 13.1. The van der Waals surface area contributed by atoms with Crippen LogP contribution in [0.25, 0.3) is 10.9 Å². The minimum atomic E-state index is -1.03. The van der Waals surface area contributed by atoms with E-state index in [0.717, 1.165) is 10.9 Å². The molecule has 0 aliphatic carbocycles. The molecule has 0 spiro atoms. The third-order valence-corrected chi connectivity index (χ3v) is 4.33. The summed E-state index contributed by atoms with van der Waals surface area (Å²) in [6.07, 6.45) is 3.03. The number of hydrogen-bond acceptors (Lipinski definition) is 3. The first-order chi connectivity index (χ1) is 11.5. The van der Waals surface area contributed by atoms with Gasteiger partial charge in [0, 0.05) is 36.4 Å². The van der Waals surface area contributed by atoms with Crippen LogP contribution in [0.5, 0.6) is 0 Å². The second-order valence-electron chi connectivity index (χ2n) is 5.94. The number of nitrogens with one attached hydrogen (secondary N) is 1. The summed E-state index contributed by atoms with van der Waals surface area (Å²) in [6, 6.07) is 4.22. The van der Waals surface area contributed by atoms with Gasteiger partial charge in [0.25, 0.3) is 0 Å². The van der Waals surface area contributed by atoms with E-state index < -0.39 is 5.97 Å². The lowest BCUT2D eigenvalue weighted by Gasteiger charge is -2.33. The minimum absolute atomic E-state index is 0.0796. The van der Waals surface area contributed by atoms with Crippen molar-refractivity contribution in [1.82, 2.24) is 9.88 Å². The van der Waals surface area contributed by atoms with Gasteiger partial charge in [-0.25, -0.2) is 4.39 Å². The van der Waals surface area contributed by atoms with Crippen LogP contribution in [0.2, 0.25) is 0 Å². The highest BCUT2D eigenvalue weighted by Gasteiger charge is 2.28. The molecule has 2 N–H and O–H groups in total. The Morgan fingerprint density at radius 2 is 2.08 bits per heavy atom. The maximum absolute atomic E-state index is 13.3. The fourth-order valence-electron chi connectivity index (χ4n) is 3.13. The lowest BCUT2D eigenvalue weighted by molar-refractivity contribution is -0.147. The summed E-state index contributed by atoms with van der Waals surface area (Å²) in [5, 5.41) is 9.89. The predicted molar refractivity (Wildman–Crippen MR) is 85.2 cm³/mol. The topological polar surface area (TPSA) is 82.6 Å². The number of halogens is 1. The van der Waals surface area contributed by atoms with Crippen LogP contribution in [-0.4, -0.2) is 52.7 Å². The first-order valence-electron chi connectivity index (χ1n) is 7.89. The SMILES string of the molecule is O=C(O)CN(C(=O)Cc1c[nH]c2cc(F)ccc12)C1CCOCC1. The van der Waals surface area contributed by atoms with E-state index in [1.807, 2.05) is 0 Å². The van der Waals surface area contributed by atoms with Crippen molar-refractivity contribution >= 4 is 22.8 Å². The lowest BCUT2D eigenvalue weighted by atomic mass is 10.0. The summed E-state index contributed by atoms with van der Waals surface area (Å²) in [5.41, 5.74) is 1.35. The van der Waals surface area contributed by atoms with Gasteiger partial charge in [0.05, 0.1) is 6.42 Å². The Morgan fingerprint density at radius 3 is 2.79 bits per heavy atom. The molecule has 1 aliphatic rings. The number of H-pyrrole nitrogens is 1. The molecule has 0 atom stereocenters. The Hall–Kier alpha value is -2.41. The number of rotatable bonds is 5. The van der Waals surface area contributed by atoms with Crippen molar-refractivity contribution in [2.24, 2.45) is 0 Å². The standard InChI is InChI=1S/C17H19FN2O4/c18-12-1-2-14-11(9-19-15(14)8-12)7-16(21)20(10-17(22)23)13-3-5-24-6-4-13/h1-2,8-9,13,19H,3-7,10H2,(H,22,23). The predicted octanol–water partition coefficient (Wildman–Crippen LogP) is 1.94. The fraction of sp³-hybridized carbons (Fsp3) is 0.412. The van der Waals surface area contributed by atoms with E-state index in [-0.39, 0.29) is 30.7 Å². The number of amides is 1. The molecule has 1 aromatic heterocycles. The molecule has 0 radical (unpaired) electrons. The Kier molecular flexibility index (Phi) is 4.80. The number of aromatic nitrogens is 1. The number of benzene rings is 1. The van der Waals surface area contributed by atoms with Gasteiger partial charge in [-0.3, -0.25) is 9.59 Å². The molecule has 0 saturated carbocycles. The monoisotopic (exact) mass is 334 g/mol. The van der Waals surface area contributed by atoms with Crippen LogP contribution in [0, 0.1) is 5.82 Å². The molecule has 2 heterocycles. The van der Waals surface area contributed by atoms with Gasteiger partial charge in [0.2, 0.25) is 5.91 Å². The Bertz CT molecular complexity index is 752. The summed E-state index contributed by atoms with van der Waals surface area (Å²) in [7, 11) is 0. The van der Waals surface area contributed by atoms with Crippen molar-refractivity contribution < 1.29 is 23.8 Å². The molecule has 1 aromatic carbocycles. The smallest absolute Gasteiger partial charge is 0.323 e. The zero-order valence-electron chi connectivity index (χ0n) is 13.1. The van der Waals surface area contributed by atoms with Crippen LogP contribution in [0.15, 0.2) is 24.4 Å². The number of carbonyl (C=O) groups excluding carboxylic acids is 1. The molecular formula is C17H19FN2O4. The highest BCUT2D eigenvalue weighted by atomic mass is 19.1. The van der Waals surface area contributed by atoms with Gasteiger partial charge in [0.15, 0.2) is 0 Å². The summed E-state index contributed by atoms with van der Waals surface area (Å²) in [4.78, 5) is 28.2. The molecular weight excluding hydrogens is 315 g/mol. The number of carboxylic acids is 1. The van der Waals surface area contributed by atoms with Crippen LogP contribution in [0.1, 0.15) is 18.4 Å². The van der Waals surface area contributed by atoms with Crippen LogP contribution < -0.4 is 0 Å². The normalized spacial score (nSPS) is 15.5. The van der Waals surface area contributed by atoms with E-state index in [1.165, 1.54) is 17.0 Å². The quantitative estimate of drug-likeness (QED) is 0.875. The third-order valence-electron chi connectivity index (χ3n) is 4.33. The van der Waals surface area contributed by atoms with E-state index in [9.17, 15) is 14.0 Å². The number of aliphatic carboxylic acids is 1. The summed E-state index contributed by atoms with van der Waals surface area (Å²) < 4.78 is 18.5. The Morgan fingerprint density at radius 1 is 1.33 bits per heavy atom. The van der Waals surface area contributed by atoms with Gasteiger partial charge in [-0.2, -0.15) is 0 Å². The first-order valence-corrected chi connectivity index (χ1v) is 7.89.